The lowest BCUT2D eigenvalue weighted by atomic mass is 10.2. The van der Waals surface area contributed by atoms with Crippen molar-refractivity contribution >= 4 is 27.4 Å². The number of fused-ring (bicyclic) bond motifs is 1. The third-order valence-corrected chi connectivity index (χ3v) is 5.40. The van der Waals surface area contributed by atoms with E-state index in [0.717, 1.165) is 36.8 Å². The van der Waals surface area contributed by atoms with Gasteiger partial charge >= 0.3 is 0 Å². The van der Waals surface area contributed by atoms with Crippen LogP contribution in [0.1, 0.15) is 10.4 Å². The van der Waals surface area contributed by atoms with Gasteiger partial charge < -0.3 is 10.2 Å². The lowest BCUT2D eigenvalue weighted by Gasteiger charge is -2.32. The van der Waals surface area contributed by atoms with Crippen LogP contribution in [-0.2, 0) is 0 Å². The summed E-state index contributed by atoms with van der Waals surface area (Å²) in [7, 11) is 2.19. The van der Waals surface area contributed by atoms with Crippen LogP contribution in [0.3, 0.4) is 0 Å². The Morgan fingerprint density at radius 3 is 2.71 bits per heavy atom. The summed E-state index contributed by atoms with van der Waals surface area (Å²) in [6, 6.07) is 0. The topological polar surface area (TPSA) is 44.3 Å². The van der Waals surface area contributed by atoms with Crippen LogP contribution in [0.2, 0.25) is 0 Å². The van der Waals surface area contributed by atoms with Crippen LogP contribution in [0.25, 0.3) is 10.2 Å². The lowest BCUT2D eigenvalue weighted by molar-refractivity contribution is 0.158. The van der Waals surface area contributed by atoms with Crippen molar-refractivity contribution in [1.82, 2.24) is 19.8 Å². The largest absolute Gasteiger partial charge is 0.368 e. The third-order valence-electron chi connectivity index (χ3n) is 4.28. The van der Waals surface area contributed by atoms with Gasteiger partial charge in [0.25, 0.3) is 0 Å². The number of nitrogens with zero attached hydrogens (tertiary/aromatic N) is 4. The molecule has 0 aliphatic carbocycles. The van der Waals surface area contributed by atoms with Gasteiger partial charge in [0.05, 0.1) is 5.39 Å². The van der Waals surface area contributed by atoms with E-state index in [-0.39, 0.29) is 0 Å². The molecule has 1 saturated heterocycles. The number of aromatic nitrogens is 2. The lowest BCUT2D eigenvalue weighted by Crippen LogP contribution is -2.45. The van der Waals surface area contributed by atoms with Crippen molar-refractivity contribution < 1.29 is 0 Å². The second-order valence-electron chi connectivity index (χ2n) is 5.76. The number of hydrogen-bond acceptors (Lipinski definition) is 6. The molecule has 2 aromatic rings. The van der Waals surface area contributed by atoms with Gasteiger partial charge in [0.1, 0.15) is 17.0 Å². The molecule has 6 heteroatoms. The van der Waals surface area contributed by atoms with Crippen LogP contribution >= 0.6 is 11.3 Å². The third kappa shape index (κ3) is 3.17. The average Bonchev–Trinajstić information content (AvgIpc) is 2.77. The van der Waals surface area contributed by atoms with E-state index < -0.39 is 0 Å². The number of anilines is 1. The summed E-state index contributed by atoms with van der Waals surface area (Å²) in [5.74, 6) is 0.982. The molecule has 1 N–H and O–H groups in total. The molecule has 1 aliphatic heterocycles. The molecule has 3 rings (SSSR count). The zero-order chi connectivity index (χ0) is 14.8. The zero-order valence-corrected chi connectivity index (χ0v) is 13.8. The van der Waals surface area contributed by atoms with E-state index in [1.165, 1.54) is 28.9 Å². The second kappa shape index (κ2) is 6.25. The number of likely N-dealkylation sites (N-methyl/N-ethyl adjacent to an activating group) is 1. The van der Waals surface area contributed by atoms with Gasteiger partial charge in [-0.05, 0) is 26.5 Å². The maximum Gasteiger partial charge on any atom is 0.138 e. The van der Waals surface area contributed by atoms with Gasteiger partial charge in [0.2, 0.25) is 0 Å². The number of aryl methyl sites for hydroxylation is 2. The van der Waals surface area contributed by atoms with Crippen LogP contribution in [0, 0.1) is 13.8 Å². The highest BCUT2D eigenvalue weighted by Gasteiger charge is 2.14. The number of nitrogens with one attached hydrogen (secondary N) is 1. The molecule has 0 saturated carbocycles. The van der Waals surface area contributed by atoms with Crippen molar-refractivity contribution in [1.29, 1.82) is 0 Å². The number of hydrogen-bond donors (Lipinski definition) is 1. The van der Waals surface area contributed by atoms with E-state index in [2.05, 4.69) is 46.0 Å². The molecule has 3 heterocycles. The van der Waals surface area contributed by atoms with Gasteiger partial charge in [-0.25, -0.2) is 9.97 Å². The van der Waals surface area contributed by atoms with Gasteiger partial charge in [-0.1, -0.05) is 0 Å². The standard InChI is InChI=1S/C15H23N5S/c1-11-12(2)21-15-13(11)14(17-10-18-15)16-4-5-20-8-6-19(3)7-9-20/h10H,4-9H2,1-3H3,(H,16,17,18). The normalized spacial score (nSPS) is 17.5. The van der Waals surface area contributed by atoms with Crippen molar-refractivity contribution in [2.75, 3.05) is 51.6 Å². The van der Waals surface area contributed by atoms with E-state index in [9.17, 15) is 0 Å². The van der Waals surface area contributed by atoms with E-state index >= 15 is 0 Å². The summed E-state index contributed by atoms with van der Waals surface area (Å²) in [4.78, 5) is 16.1. The first-order valence-electron chi connectivity index (χ1n) is 7.50. The second-order valence-corrected chi connectivity index (χ2v) is 6.96. The summed E-state index contributed by atoms with van der Waals surface area (Å²) in [5.41, 5.74) is 1.30. The van der Waals surface area contributed by atoms with E-state index in [1.807, 2.05) is 0 Å². The predicted octanol–water partition coefficient (Wildman–Crippen LogP) is 1.97. The van der Waals surface area contributed by atoms with Gasteiger partial charge in [0.15, 0.2) is 0 Å². The Balaban J connectivity index is 1.63. The molecule has 0 spiro atoms. The van der Waals surface area contributed by atoms with E-state index in [1.54, 1.807) is 17.7 Å². The number of thiophene rings is 1. The minimum atomic E-state index is 0.935. The average molecular weight is 305 g/mol. The number of piperazine rings is 1. The van der Waals surface area contributed by atoms with Crippen LogP contribution in [0.15, 0.2) is 6.33 Å². The number of rotatable bonds is 4. The zero-order valence-electron chi connectivity index (χ0n) is 13.0. The fourth-order valence-electron chi connectivity index (χ4n) is 2.72. The van der Waals surface area contributed by atoms with Crippen molar-refractivity contribution in [3.63, 3.8) is 0 Å². The SMILES string of the molecule is Cc1sc2ncnc(NCCN3CCN(C)CC3)c2c1C. The smallest absolute Gasteiger partial charge is 0.138 e. The Hall–Kier alpha value is -1.24. The minimum Gasteiger partial charge on any atom is -0.368 e. The highest BCUT2D eigenvalue weighted by atomic mass is 32.1. The summed E-state index contributed by atoms with van der Waals surface area (Å²) in [6.07, 6.45) is 1.66. The monoisotopic (exact) mass is 305 g/mol. The molecule has 0 unspecified atom stereocenters. The molecule has 2 aromatic heterocycles. The maximum atomic E-state index is 4.43. The van der Waals surface area contributed by atoms with Gasteiger partial charge in [-0.15, -0.1) is 11.3 Å². The molecule has 114 valence electrons. The maximum absolute atomic E-state index is 4.43. The minimum absolute atomic E-state index is 0.935. The summed E-state index contributed by atoms with van der Waals surface area (Å²) in [5, 5.41) is 4.69. The Labute approximate surface area is 130 Å². The molecule has 5 nitrogen and oxygen atoms in total. The summed E-state index contributed by atoms with van der Waals surface area (Å²) in [6.45, 7) is 11.0. The molecule has 1 aliphatic rings. The van der Waals surface area contributed by atoms with Crippen molar-refractivity contribution in [2.45, 2.75) is 13.8 Å². The molecule has 1 fully saturated rings. The summed E-state index contributed by atoms with van der Waals surface area (Å²) >= 11 is 1.75. The van der Waals surface area contributed by atoms with Gasteiger partial charge in [-0.3, -0.25) is 4.90 Å². The van der Waals surface area contributed by atoms with Crippen LogP contribution < -0.4 is 5.32 Å². The molecule has 0 bridgehead atoms. The first-order chi connectivity index (χ1) is 10.1. The molecule has 0 radical (unpaired) electrons. The molecular weight excluding hydrogens is 282 g/mol. The first kappa shape index (κ1) is 14.7. The highest BCUT2D eigenvalue weighted by molar-refractivity contribution is 7.18. The first-order valence-corrected chi connectivity index (χ1v) is 8.32. The molecule has 0 aromatic carbocycles. The van der Waals surface area contributed by atoms with Gasteiger partial charge in [-0.2, -0.15) is 0 Å². The van der Waals surface area contributed by atoms with Crippen molar-refractivity contribution in [2.24, 2.45) is 0 Å². The fourth-order valence-corrected chi connectivity index (χ4v) is 3.72. The fraction of sp³-hybridized carbons (Fsp3) is 0.600. The van der Waals surface area contributed by atoms with Crippen molar-refractivity contribution in [3.8, 4) is 0 Å². The Morgan fingerprint density at radius 1 is 1.19 bits per heavy atom. The Bertz CT molecular complexity index is 616. The van der Waals surface area contributed by atoms with Crippen LogP contribution in [0.4, 0.5) is 5.82 Å². The predicted molar refractivity (Wildman–Crippen MR) is 89.3 cm³/mol. The van der Waals surface area contributed by atoms with Crippen molar-refractivity contribution in [3.05, 3.63) is 16.8 Å². The van der Waals surface area contributed by atoms with E-state index in [0.29, 0.717) is 0 Å². The molecular formula is C15H23N5S. The highest BCUT2D eigenvalue weighted by Crippen LogP contribution is 2.32. The molecule has 21 heavy (non-hydrogen) atoms. The molecule has 0 amide bonds. The Kier molecular flexibility index (Phi) is 4.37. The summed E-state index contributed by atoms with van der Waals surface area (Å²) < 4.78 is 0. The Morgan fingerprint density at radius 2 is 1.95 bits per heavy atom. The van der Waals surface area contributed by atoms with Crippen LogP contribution in [0.5, 0.6) is 0 Å². The van der Waals surface area contributed by atoms with Crippen LogP contribution in [-0.4, -0.2) is 66.1 Å². The molecule has 0 atom stereocenters. The quantitative estimate of drug-likeness (QED) is 0.935. The van der Waals surface area contributed by atoms with Gasteiger partial charge in [0, 0.05) is 44.1 Å². The van der Waals surface area contributed by atoms with E-state index in [4.69, 9.17) is 0 Å².